The van der Waals surface area contributed by atoms with E-state index in [0.29, 0.717) is 0 Å². The number of rotatable bonds is 8. The van der Waals surface area contributed by atoms with Gasteiger partial charge in [0, 0.05) is 20.1 Å². The summed E-state index contributed by atoms with van der Waals surface area (Å²) in [6.07, 6.45) is 2.60. The average Bonchev–Trinajstić information content (AvgIpc) is 2.64. The van der Waals surface area contributed by atoms with Crippen molar-refractivity contribution in [2.75, 3.05) is 27.2 Å². The van der Waals surface area contributed by atoms with E-state index >= 15 is 0 Å². The third-order valence-electron chi connectivity index (χ3n) is 3.93. The number of aryl methyl sites for hydroxylation is 1. The third-order valence-corrected chi connectivity index (χ3v) is 3.93. The van der Waals surface area contributed by atoms with Crippen LogP contribution in [0.4, 0.5) is 4.39 Å². The fraction of sp³-hybridized carbons (Fsp3) is 0.350. The molecule has 5 heteroatoms. The van der Waals surface area contributed by atoms with Crippen molar-refractivity contribution in [3.63, 3.8) is 0 Å². The van der Waals surface area contributed by atoms with Gasteiger partial charge in [-0.05, 0) is 48.6 Å². The number of hydrogen-bond acceptors (Lipinski definition) is 2. The average molecular weight is 343 g/mol. The highest BCUT2D eigenvalue weighted by molar-refractivity contribution is 5.79. The second-order valence-corrected chi connectivity index (χ2v) is 5.72. The molecular weight excluding hydrogens is 317 g/mol. The number of ether oxygens (including phenoxy) is 1. The molecule has 134 valence electrons. The molecule has 4 nitrogen and oxygen atoms in total. The highest BCUT2D eigenvalue weighted by Gasteiger charge is 2.03. The summed E-state index contributed by atoms with van der Waals surface area (Å²) in [6.45, 7) is 1.55. The largest absolute Gasteiger partial charge is 0.496 e. The summed E-state index contributed by atoms with van der Waals surface area (Å²) < 4.78 is 18.5. The van der Waals surface area contributed by atoms with Crippen LogP contribution in [0.5, 0.6) is 5.75 Å². The lowest BCUT2D eigenvalue weighted by molar-refractivity contribution is 0.409. The molecule has 0 aromatic heterocycles. The SMILES string of the molecule is CN=C(NCCCc1cccc(F)c1)NCCc1ccccc1OC. The van der Waals surface area contributed by atoms with Gasteiger partial charge in [0.15, 0.2) is 5.96 Å². The smallest absolute Gasteiger partial charge is 0.190 e. The molecule has 0 bridgehead atoms. The Balaban J connectivity index is 1.68. The number of halogens is 1. The molecule has 0 fully saturated rings. The first-order valence-electron chi connectivity index (χ1n) is 8.54. The van der Waals surface area contributed by atoms with Crippen LogP contribution >= 0.6 is 0 Å². The van der Waals surface area contributed by atoms with Gasteiger partial charge in [0.1, 0.15) is 11.6 Å². The molecule has 0 aliphatic rings. The number of para-hydroxylation sites is 1. The van der Waals surface area contributed by atoms with Crippen molar-refractivity contribution < 1.29 is 9.13 Å². The molecule has 0 radical (unpaired) electrons. The molecule has 0 aliphatic carbocycles. The van der Waals surface area contributed by atoms with Crippen LogP contribution in [0.2, 0.25) is 0 Å². The molecule has 0 saturated carbocycles. The Kier molecular flexibility index (Phi) is 7.76. The molecule has 0 aliphatic heterocycles. The number of guanidine groups is 1. The third kappa shape index (κ3) is 6.45. The predicted octanol–water partition coefficient (Wildman–Crippen LogP) is 3.17. The van der Waals surface area contributed by atoms with E-state index in [4.69, 9.17) is 4.74 Å². The molecule has 25 heavy (non-hydrogen) atoms. The van der Waals surface area contributed by atoms with E-state index in [-0.39, 0.29) is 5.82 Å². The van der Waals surface area contributed by atoms with Crippen LogP contribution in [0, 0.1) is 5.82 Å². The lowest BCUT2D eigenvalue weighted by atomic mass is 10.1. The van der Waals surface area contributed by atoms with Crippen LogP contribution in [0.25, 0.3) is 0 Å². The number of nitrogens with zero attached hydrogens (tertiary/aromatic N) is 1. The van der Waals surface area contributed by atoms with Crippen molar-refractivity contribution in [3.8, 4) is 5.75 Å². The number of aliphatic imine (C=N–C) groups is 1. The minimum Gasteiger partial charge on any atom is -0.496 e. The zero-order chi connectivity index (χ0) is 17.9. The quantitative estimate of drug-likeness (QED) is 0.440. The van der Waals surface area contributed by atoms with Gasteiger partial charge in [0.05, 0.1) is 7.11 Å². The van der Waals surface area contributed by atoms with Crippen LogP contribution in [0.1, 0.15) is 17.5 Å². The summed E-state index contributed by atoms with van der Waals surface area (Å²) in [5.74, 6) is 1.50. The van der Waals surface area contributed by atoms with E-state index < -0.39 is 0 Å². The maximum Gasteiger partial charge on any atom is 0.190 e. The molecule has 0 saturated heterocycles. The Morgan fingerprint density at radius 1 is 1.04 bits per heavy atom. The Morgan fingerprint density at radius 2 is 1.84 bits per heavy atom. The standard InChI is InChI=1S/C20H26FN3O/c1-22-20(23-13-6-8-16-7-5-10-18(21)15-16)24-14-12-17-9-3-4-11-19(17)25-2/h3-5,7,9-11,15H,6,8,12-14H2,1-2H3,(H2,22,23,24). The monoisotopic (exact) mass is 343 g/mol. The normalized spacial score (nSPS) is 11.2. The first-order chi connectivity index (χ1) is 12.2. The summed E-state index contributed by atoms with van der Waals surface area (Å²) in [5, 5.41) is 6.58. The van der Waals surface area contributed by atoms with Crippen molar-refractivity contribution >= 4 is 5.96 Å². The van der Waals surface area contributed by atoms with E-state index in [1.54, 1.807) is 26.3 Å². The van der Waals surface area contributed by atoms with E-state index in [1.807, 2.05) is 24.3 Å². The first-order valence-corrected chi connectivity index (χ1v) is 8.54. The fourth-order valence-corrected chi connectivity index (χ4v) is 2.64. The maximum atomic E-state index is 13.1. The molecule has 0 amide bonds. The Hall–Kier alpha value is -2.56. The molecular formula is C20H26FN3O. The summed E-state index contributed by atoms with van der Waals surface area (Å²) in [7, 11) is 3.44. The second kappa shape index (κ2) is 10.3. The van der Waals surface area contributed by atoms with Crippen molar-refractivity contribution in [3.05, 3.63) is 65.5 Å². The summed E-state index contributed by atoms with van der Waals surface area (Å²) in [5.41, 5.74) is 2.18. The van der Waals surface area contributed by atoms with Gasteiger partial charge in [-0.3, -0.25) is 4.99 Å². The summed E-state index contributed by atoms with van der Waals surface area (Å²) in [4.78, 5) is 4.22. The molecule has 2 N–H and O–H groups in total. The molecule has 2 aromatic rings. The van der Waals surface area contributed by atoms with E-state index in [9.17, 15) is 4.39 Å². The zero-order valence-corrected chi connectivity index (χ0v) is 14.9. The van der Waals surface area contributed by atoms with Crippen molar-refractivity contribution in [1.82, 2.24) is 10.6 Å². The molecule has 0 unspecified atom stereocenters. The minimum absolute atomic E-state index is 0.181. The minimum atomic E-state index is -0.181. The van der Waals surface area contributed by atoms with Crippen LogP contribution in [0.15, 0.2) is 53.5 Å². The zero-order valence-electron chi connectivity index (χ0n) is 14.9. The maximum absolute atomic E-state index is 13.1. The fourth-order valence-electron chi connectivity index (χ4n) is 2.64. The summed E-state index contributed by atoms with van der Waals surface area (Å²) in [6, 6.07) is 14.8. The van der Waals surface area contributed by atoms with E-state index in [0.717, 1.165) is 49.6 Å². The molecule has 0 heterocycles. The van der Waals surface area contributed by atoms with Crippen LogP contribution in [0.3, 0.4) is 0 Å². The van der Waals surface area contributed by atoms with Gasteiger partial charge in [-0.15, -0.1) is 0 Å². The topological polar surface area (TPSA) is 45.7 Å². The van der Waals surface area contributed by atoms with Crippen LogP contribution < -0.4 is 15.4 Å². The van der Waals surface area contributed by atoms with Crippen molar-refractivity contribution in [2.24, 2.45) is 4.99 Å². The van der Waals surface area contributed by atoms with Crippen LogP contribution in [-0.4, -0.2) is 33.2 Å². The van der Waals surface area contributed by atoms with Crippen molar-refractivity contribution in [1.29, 1.82) is 0 Å². The number of hydrogen-bond donors (Lipinski definition) is 2. The van der Waals surface area contributed by atoms with Crippen LogP contribution in [-0.2, 0) is 12.8 Å². The number of methoxy groups -OCH3 is 1. The van der Waals surface area contributed by atoms with E-state index in [1.165, 1.54) is 11.6 Å². The lowest BCUT2D eigenvalue weighted by Gasteiger charge is -2.13. The highest BCUT2D eigenvalue weighted by atomic mass is 19.1. The van der Waals surface area contributed by atoms with Gasteiger partial charge < -0.3 is 15.4 Å². The molecule has 0 atom stereocenters. The first kappa shape index (κ1) is 18.8. The number of nitrogens with one attached hydrogen (secondary N) is 2. The highest BCUT2D eigenvalue weighted by Crippen LogP contribution is 2.17. The molecule has 2 rings (SSSR count). The van der Waals surface area contributed by atoms with Gasteiger partial charge in [-0.2, -0.15) is 0 Å². The number of benzene rings is 2. The Bertz CT molecular complexity index is 688. The van der Waals surface area contributed by atoms with Gasteiger partial charge in [-0.1, -0.05) is 30.3 Å². The van der Waals surface area contributed by atoms with Gasteiger partial charge in [-0.25, -0.2) is 4.39 Å². The van der Waals surface area contributed by atoms with Gasteiger partial charge >= 0.3 is 0 Å². The molecule has 0 spiro atoms. The molecule has 2 aromatic carbocycles. The van der Waals surface area contributed by atoms with Crippen molar-refractivity contribution in [2.45, 2.75) is 19.3 Å². The van der Waals surface area contributed by atoms with E-state index in [2.05, 4.69) is 21.7 Å². The van der Waals surface area contributed by atoms with Gasteiger partial charge in [0.2, 0.25) is 0 Å². The lowest BCUT2D eigenvalue weighted by Crippen LogP contribution is -2.38. The second-order valence-electron chi connectivity index (χ2n) is 5.72. The Morgan fingerprint density at radius 3 is 2.60 bits per heavy atom. The summed E-state index contributed by atoms with van der Waals surface area (Å²) >= 11 is 0. The van der Waals surface area contributed by atoms with Gasteiger partial charge in [0.25, 0.3) is 0 Å². The Labute approximate surface area is 149 Å². The predicted molar refractivity (Wildman–Crippen MR) is 101 cm³/mol.